The van der Waals surface area contributed by atoms with Gasteiger partial charge in [0.2, 0.25) is 5.91 Å². The van der Waals surface area contributed by atoms with Crippen molar-refractivity contribution >= 4 is 45.7 Å². The second-order valence-electron chi connectivity index (χ2n) is 7.84. The first kappa shape index (κ1) is 24.7. The Kier molecular flexibility index (Phi) is 6.93. The Morgan fingerprint density at radius 1 is 1.06 bits per heavy atom. The van der Waals surface area contributed by atoms with E-state index in [1.807, 2.05) is 37.3 Å². The molecule has 0 saturated carbocycles. The van der Waals surface area contributed by atoms with Crippen molar-refractivity contribution in [2.75, 3.05) is 18.5 Å². The summed E-state index contributed by atoms with van der Waals surface area (Å²) >= 11 is 1.22. The predicted molar refractivity (Wildman–Crippen MR) is 132 cm³/mol. The molecule has 2 aromatic carbocycles. The second-order valence-corrected chi connectivity index (χ2v) is 9.07. The monoisotopic (exact) mass is 507 g/mol. The first-order chi connectivity index (χ1) is 17.2. The van der Waals surface area contributed by atoms with Gasteiger partial charge in [0.25, 0.3) is 17.5 Å². The number of hydrogen-bond acceptors (Lipinski definition) is 8. The van der Waals surface area contributed by atoms with Crippen LogP contribution in [0.5, 0.6) is 0 Å². The molecule has 3 aromatic rings. The number of nitro benzene ring substituents is 1. The van der Waals surface area contributed by atoms with E-state index < -0.39 is 34.3 Å². The third-order valence-corrected chi connectivity index (χ3v) is 6.64. The van der Waals surface area contributed by atoms with Gasteiger partial charge in [-0.2, -0.15) is 0 Å². The van der Waals surface area contributed by atoms with Crippen LogP contribution >= 0.6 is 11.3 Å². The molecule has 0 radical (unpaired) electrons. The summed E-state index contributed by atoms with van der Waals surface area (Å²) in [5, 5.41) is 14.3. The van der Waals surface area contributed by atoms with E-state index in [9.17, 15) is 29.3 Å². The number of rotatable bonds is 8. The topological polar surface area (TPSA) is 136 Å². The van der Waals surface area contributed by atoms with Gasteiger partial charge in [-0.15, -0.1) is 11.3 Å². The smallest absolute Gasteiger partial charge is 0.341 e. The van der Waals surface area contributed by atoms with Crippen molar-refractivity contribution in [3.8, 4) is 11.1 Å². The van der Waals surface area contributed by atoms with Crippen LogP contribution in [0.2, 0.25) is 0 Å². The molecule has 1 aliphatic heterocycles. The molecule has 11 heteroatoms. The molecule has 1 aromatic heterocycles. The van der Waals surface area contributed by atoms with Crippen LogP contribution in [0, 0.1) is 17.0 Å². The molecule has 0 saturated heterocycles. The number of fused-ring (bicyclic) bond motifs is 1. The number of hydrogen-bond donors (Lipinski definition) is 1. The second kappa shape index (κ2) is 10.1. The molecule has 1 aliphatic rings. The lowest BCUT2D eigenvalue weighted by atomic mass is 10.0. The number of amides is 3. The van der Waals surface area contributed by atoms with Crippen LogP contribution in [-0.2, 0) is 9.53 Å². The Hall–Kier alpha value is -4.38. The van der Waals surface area contributed by atoms with Gasteiger partial charge in [0.15, 0.2) is 0 Å². The van der Waals surface area contributed by atoms with Crippen molar-refractivity contribution in [3.05, 3.63) is 80.2 Å². The van der Waals surface area contributed by atoms with Crippen molar-refractivity contribution in [3.63, 3.8) is 0 Å². The van der Waals surface area contributed by atoms with Gasteiger partial charge in [0.05, 0.1) is 17.1 Å². The van der Waals surface area contributed by atoms with Crippen LogP contribution in [0.15, 0.2) is 48.5 Å². The first-order valence-electron chi connectivity index (χ1n) is 11.0. The van der Waals surface area contributed by atoms with Crippen molar-refractivity contribution in [2.45, 2.75) is 20.3 Å². The number of aryl methyl sites for hydroxylation is 1. The third kappa shape index (κ3) is 4.48. The van der Waals surface area contributed by atoms with Gasteiger partial charge in [-0.3, -0.25) is 29.4 Å². The Labute approximate surface area is 209 Å². The molecule has 0 unspecified atom stereocenters. The molecular weight excluding hydrogens is 486 g/mol. The molecule has 0 bridgehead atoms. The minimum absolute atomic E-state index is 0.0689. The minimum Gasteiger partial charge on any atom is -0.462 e. The van der Waals surface area contributed by atoms with Crippen molar-refractivity contribution in [1.82, 2.24) is 4.90 Å². The molecule has 1 N–H and O–H groups in total. The van der Waals surface area contributed by atoms with E-state index in [1.165, 1.54) is 23.5 Å². The number of nitrogens with zero attached hydrogens (tertiary/aromatic N) is 2. The van der Waals surface area contributed by atoms with E-state index in [1.54, 1.807) is 6.92 Å². The van der Waals surface area contributed by atoms with E-state index in [-0.39, 0.29) is 36.3 Å². The summed E-state index contributed by atoms with van der Waals surface area (Å²) in [6.45, 7) is 3.39. The summed E-state index contributed by atoms with van der Waals surface area (Å²) in [4.78, 5) is 63.2. The summed E-state index contributed by atoms with van der Waals surface area (Å²) in [6, 6.07) is 13.1. The number of benzene rings is 2. The lowest BCUT2D eigenvalue weighted by Gasteiger charge is -2.13. The average molecular weight is 508 g/mol. The van der Waals surface area contributed by atoms with Gasteiger partial charge in [0.1, 0.15) is 16.1 Å². The van der Waals surface area contributed by atoms with E-state index in [0.29, 0.717) is 10.6 Å². The number of carbonyl (C=O) groups excluding carboxylic acids is 4. The zero-order valence-electron chi connectivity index (χ0n) is 19.4. The quantitative estimate of drug-likeness (QED) is 0.206. The van der Waals surface area contributed by atoms with Crippen LogP contribution < -0.4 is 5.32 Å². The van der Waals surface area contributed by atoms with Gasteiger partial charge >= 0.3 is 5.97 Å². The van der Waals surface area contributed by atoms with Crippen molar-refractivity contribution < 1.29 is 28.8 Å². The summed E-state index contributed by atoms with van der Waals surface area (Å²) in [6.07, 6.45) is -0.265. The largest absolute Gasteiger partial charge is 0.462 e. The van der Waals surface area contributed by atoms with Crippen LogP contribution in [0.1, 0.15) is 49.3 Å². The zero-order valence-corrected chi connectivity index (χ0v) is 20.2. The van der Waals surface area contributed by atoms with Crippen LogP contribution in [0.25, 0.3) is 11.1 Å². The minimum atomic E-state index is -0.819. The van der Waals surface area contributed by atoms with Crippen LogP contribution in [-0.4, -0.2) is 46.7 Å². The van der Waals surface area contributed by atoms with E-state index in [0.717, 1.165) is 21.4 Å². The molecule has 3 amide bonds. The van der Waals surface area contributed by atoms with Gasteiger partial charge < -0.3 is 10.1 Å². The number of anilines is 1. The Morgan fingerprint density at radius 3 is 2.44 bits per heavy atom. The molecule has 10 nitrogen and oxygen atoms in total. The summed E-state index contributed by atoms with van der Waals surface area (Å²) < 4.78 is 5.23. The molecular formula is C25H21N3O7S. The van der Waals surface area contributed by atoms with Crippen LogP contribution in [0.3, 0.4) is 0 Å². The molecule has 36 heavy (non-hydrogen) atoms. The number of nitrogens with one attached hydrogen (secondary N) is 1. The van der Waals surface area contributed by atoms with Crippen molar-refractivity contribution in [1.29, 1.82) is 0 Å². The average Bonchev–Trinajstić information content (AvgIpc) is 3.31. The highest BCUT2D eigenvalue weighted by Gasteiger charge is 2.40. The lowest BCUT2D eigenvalue weighted by Crippen LogP contribution is -2.33. The number of esters is 1. The number of thiophene rings is 1. The Balaban J connectivity index is 1.54. The van der Waals surface area contributed by atoms with Gasteiger partial charge in [-0.1, -0.05) is 36.4 Å². The third-order valence-electron chi connectivity index (χ3n) is 5.62. The highest BCUT2D eigenvalue weighted by atomic mass is 32.1. The maximum absolute atomic E-state index is 12.8. The van der Waals surface area contributed by atoms with E-state index in [2.05, 4.69) is 5.32 Å². The van der Waals surface area contributed by atoms with Gasteiger partial charge in [-0.05, 0) is 25.5 Å². The molecule has 184 valence electrons. The number of imide groups is 1. The Morgan fingerprint density at radius 2 is 1.78 bits per heavy atom. The van der Waals surface area contributed by atoms with Crippen molar-refractivity contribution in [2.24, 2.45) is 0 Å². The SMILES string of the molecule is CCOC(=O)c1c(NC(=O)CCN2C(=O)c3cccc([N+](=O)[O-])c3C2=O)sc(C)c1-c1ccccc1. The Bertz CT molecular complexity index is 1400. The molecule has 0 aliphatic carbocycles. The highest BCUT2D eigenvalue weighted by Crippen LogP contribution is 2.40. The summed E-state index contributed by atoms with van der Waals surface area (Å²) in [5.41, 5.74) is 0.874. The molecule has 4 rings (SSSR count). The van der Waals surface area contributed by atoms with Crippen LogP contribution in [0.4, 0.5) is 10.7 Å². The maximum atomic E-state index is 12.8. The first-order valence-corrected chi connectivity index (χ1v) is 11.9. The van der Waals surface area contributed by atoms with E-state index >= 15 is 0 Å². The highest BCUT2D eigenvalue weighted by molar-refractivity contribution is 7.17. The summed E-state index contributed by atoms with van der Waals surface area (Å²) in [5.74, 6) is -2.63. The fourth-order valence-corrected chi connectivity index (χ4v) is 5.14. The maximum Gasteiger partial charge on any atom is 0.341 e. The zero-order chi connectivity index (χ0) is 26.0. The molecule has 0 atom stereocenters. The fourth-order valence-electron chi connectivity index (χ4n) is 4.06. The standard InChI is InChI=1S/C25H21N3O7S/c1-3-35-25(32)21-19(15-8-5-4-6-9-15)14(2)36-22(21)26-18(29)12-13-27-23(30)16-10-7-11-17(28(33)34)20(16)24(27)31/h4-11H,3,12-13H2,1-2H3,(H,26,29). The number of nitro groups is 1. The predicted octanol–water partition coefficient (Wildman–Crippen LogP) is 4.43. The lowest BCUT2D eigenvalue weighted by molar-refractivity contribution is -0.385. The number of carbonyl (C=O) groups is 4. The normalized spacial score (nSPS) is 12.4. The fraction of sp³-hybridized carbons (Fsp3) is 0.200. The van der Waals surface area contributed by atoms with Gasteiger partial charge in [0, 0.05) is 29.5 Å². The molecule has 2 heterocycles. The van der Waals surface area contributed by atoms with Gasteiger partial charge in [-0.25, -0.2) is 4.79 Å². The van der Waals surface area contributed by atoms with E-state index in [4.69, 9.17) is 4.74 Å². The summed E-state index contributed by atoms with van der Waals surface area (Å²) in [7, 11) is 0. The molecule has 0 fully saturated rings. The number of ether oxygens (including phenoxy) is 1. The molecule has 0 spiro atoms.